The zero-order valence-electron chi connectivity index (χ0n) is 10.3. The number of hydrogen-bond acceptors (Lipinski definition) is 4. The Kier molecular flexibility index (Phi) is 4.96. The first-order valence-electron chi connectivity index (χ1n) is 5.43. The number of carbonyl (C=O) groups is 1. The van der Waals surface area contributed by atoms with Crippen molar-refractivity contribution in [3.05, 3.63) is 21.9 Å². The van der Waals surface area contributed by atoms with Crippen LogP contribution < -0.4 is 0 Å². The van der Waals surface area contributed by atoms with Crippen LogP contribution in [0.2, 0.25) is 0 Å². The summed E-state index contributed by atoms with van der Waals surface area (Å²) >= 11 is 1.73. The summed E-state index contributed by atoms with van der Waals surface area (Å²) in [5, 5.41) is 0. The molecule has 90 valence electrons. The molecule has 0 fully saturated rings. The van der Waals surface area contributed by atoms with Gasteiger partial charge in [0.1, 0.15) is 0 Å². The molecule has 0 bridgehead atoms. The number of thiophene rings is 1. The highest BCUT2D eigenvalue weighted by atomic mass is 32.1. The van der Waals surface area contributed by atoms with Crippen molar-refractivity contribution in [2.24, 2.45) is 0 Å². The van der Waals surface area contributed by atoms with Gasteiger partial charge in [-0.3, -0.25) is 4.79 Å². The van der Waals surface area contributed by atoms with Crippen molar-refractivity contribution in [3.8, 4) is 0 Å². The van der Waals surface area contributed by atoms with E-state index in [2.05, 4.69) is 24.0 Å². The van der Waals surface area contributed by atoms with Crippen molar-refractivity contribution >= 4 is 17.3 Å². The van der Waals surface area contributed by atoms with Crippen LogP contribution in [0.1, 0.15) is 29.1 Å². The lowest BCUT2D eigenvalue weighted by atomic mass is 10.1. The van der Waals surface area contributed by atoms with Crippen LogP contribution in [0.4, 0.5) is 0 Å². The molecule has 1 aromatic heterocycles. The van der Waals surface area contributed by atoms with Crippen LogP contribution in [0.5, 0.6) is 0 Å². The maximum Gasteiger partial charge on any atom is 0.307 e. The number of hydrogen-bond donors (Lipinski definition) is 0. The third kappa shape index (κ3) is 3.61. The van der Waals surface area contributed by atoms with Crippen molar-refractivity contribution in [3.63, 3.8) is 0 Å². The van der Waals surface area contributed by atoms with Gasteiger partial charge < -0.3 is 9.64 Å². The van der Waals surface area contributed by atoms with Crippen molar-refractivity contribution in [2.45, 2.75) is 26.3 Å². The van der Waals surface area contributed by atoms with Crippen molar-refractivity contribution in [2.75, 3.05) is 20.7 Å². The number of esters is 1. The summed E-state index contributed by atoms with van der Waals surface area (Å²) in [5.74, 6) is -0.132. The Morgan fingerprint density at radius 2 is 2.19 bits per heavy atom. The molecule has 0 amide bonds. The zero-order valence-corrected chi connectivity index (χ0v) is 11.1. The molecule has 3 nitrogen and oxygen atoms in total. The summed E-state index contributed by atoms with van der Waals surface area (Å²) in [4.78, 5) is 16.0. The maximum absolute atomic E-state index is 11.5. The van der Waals surface area contributed by atoms with E-state index in [4.69, 9.17) is 4.74 Å². The Morgan fingerprint density at radius 3 is 2.62 bits per heavy atom. The molecular formula is C12H19NO2S. The summed E-state index contributed by atoms with van der Waals surface area (Å²) in [5.41, 5.74) is 0. The fraction of sp³-hybridized carbons (Fsp3) is 0.583. The highest BCUT2D eigenvalue weighted by Crippen LogP contribution is 2.28. The molecule has 4 heteroatoms. The van der Waals surface area contributed by atoms with Gasteiger partial charge in [-0.2, -0.15) is 0 Å². The average Bonchev–Trinajstić information content (AvgIpc) is 2.61. The van der Waals surface area contributed by atoms with E-state index in [9.17, 15) is 4.79 Å². The van der Waals surface area contributed by atoms with Gasteiger partial charge in [0, 0.05) is 9.75 Å². The largest absolute Gasteiger partial charge is 0.466 e. The van der Waals surface area contributed by atoms with Crippen molar-refractivity contribution in [1.82, 2.24) is 4.90 Å². The lowest BCUT2D eigenvalue weighted by Crippen LogP contribution is -2.23. The van der Waals surface area contributed by atoms with Crippen molar-refractivity contribution < 1.29 is 9.53 Å². The molecule has 16 heavy (non-hydrogen) atoms. The number of carbonyl (C=O) groups excluding carboxylic acids is 1. The Labute approximate surface area is 101 Å². The lowest BCUT2D eigenvalue weighted by molar-refractivity contribution is -0.144. The monoisotopic (exact) mass is 241 g/mol. The maximum atomic E-state index is 11.5. The van der Waals surface area contributed by atoms with Gasteiger partial charge in [0.05, 0.1) is 19.1 Å². The number of aryl methyl sites for hydroxylation is 1. The molecule has 1 unspecified atom stereocenters. The molecule has 0 aliphatic rings. The minimum absolute atomic E-state index is 0.123. The van der Waals surface area contributed by atoms with E-state index in [1.165, 1.54) is 9.75 Å². The standard InChI is InChI=1S/C12H19NO2S/c1-5-15-12(14)8-10(13(3)4)11-7-6-9(2)16-11/h6-7,10H,5,8H2,1-4H3. The molecule has 0 aliphatic heterocycles. The topological polar surface area (TPSA) is 29.5 Å². The van der Waals surface area contributed by atoms with E-state index in [0.717, 1.165) is 0 Å². The third-order valence-electron chi connectivity index (χ3n) is 2.38. The van der Waals surface area contributed by atoms with Gasteiger partial charge in [-0.25, -0.2) is 0 Å². The smallest absolute Gasteiger partial charge is 0.307 e. The summed E-state index contributed by atoms with van der Waals surface area (Å²) in [6.45, 7) is 4.35. The number of ether oxygens (including phenoxy) is 1. The highest BCUT2D eigenvalue weighted by molar-refractivity contribution is 7.12. The third-order valence-corrected chi connectivity index (χ3v) is 3.48. The van der Waals surface area contributed by atoms with Gasteiger partial charge >= 0.3 is 5.97 Å². The molecule has 1 heterocycles. The van der Waals surface area contributed by atoms with Gasteiger partial charge in [0.15, 0.2) is 0 Å². The summed E-state index contributed by atoms with van der Waals surface area (Å²) in [7, 11) is 3.97. The van der Waals surface area contributed by atoms with Gasteiger partial charge in [0.25, 0.3) is 0 Å². The predicted octanol–water partition coefficient (Wildman–Crippen LogP) is 2.61. The second-order valence-electron chi connectivity index (χ2n) is 3.94. The number of nitrogens with zero attached hydrogens (tertiary/aromatic N) is 1. The summed E-state index contributed by atoms with van der Waals surface area (Å²) in [6.07, 6.45) is 0.417. The van der Waals surface area contributed by atoms with E-state index in [1.54, 1.807) is 11.3 Å². The van der Waals surface area contributed by atoms with E-state index < -0.39 is 0 Å². The van der Waals surface area contributed by atoms with Crippen LogP contribution in [0.3, 0.4) is 0 Å². The molecule has 0 saturated heterocycles. The normalized spacial score (nSPS) is 12.8. The van der Waals surface area contributed by atoms with Gasteiger partial charge in [0.2, 0.25) is 0 Å². The first-order valence-corrected chi connectivity index (χ1v) is 6.24. The summed E-state index contributed by atoms with van der Waals surface area (Å²) < 4.78 is 4.99. The SMILES string of the molecule is CCOC(=O)CC(c1ccc(C)s1)N(C)C. The Balaban J connectivity index is 2.72. The molecule has 0 spiro atoms. The Morgan fingerprint density at radius 1 is 1.50 bits per heavy atom. The summed E-state index contributed by atoms with van der Waals surface area (Å²) in [6, 6.07) is 4.30. The molecule has 0 saturated carbocycles. The average molecular weight is 241 g/mol. The first kappa shape index (κ1) is 13.2. The van der Waals surface area contributed by atoms with E-state index >= 15 is 0 Å². The Hall–Kier alpha value is -0.870. The van der Waals surface area contributed by atoms with Crippen LogP contribution in [-0.2, 0) is 9.53 Å². The molecule has 1 rings (SSSR count). The van der Waals surface area contributed by atoms with Gasteiger partial charge in [-0.15, -0.1) is 11.3 Å². The first-order chi connectivity index (χ1) is 7.54. The van der Waals surface area contributed by atoms with Gasteiger partial charge in [-0.1, -0.05) is 0 Å². The molecule has 1 aromatic rings. The van der Waals surface area contributed by atoms with E-state index in [-0.39, 0.29) is 12.0 Å². The molecule has 1 atom stereocenters. The van der Waals surface area contributed by atoms with Crippen LogP contribution in [-0.4, -0.2) is 31.6 Å². The van der Waals surface area contributed by atoms with Gasteiger partial charge in [-0.05, 0) is 40.1 Å². The molecule has 0 aliphatic carbocycles. The molecule has 0 N–H and O–H groups in total. The minimum Gasteiger partial charge on any atom is -0.466 e. The molecular weight excluding hydrogens is 222 g/mol. The van der Waals surface area contributed by atoms with E-state index in [1.807, 2.05) is 21.0 Å². The van der Waals surface area contributed by atoms with Crippen LogP contribution in [0.25, 0.3) is 0 Å². The Bertz CT molecular complexity index is 347. The highest BCUT2D eigenvalue weighted by Gasteiger charge is 2.20. The van der Waals surface area contributed by atoms with Crippen molar-refractivity contribution in [1.29, 1.82) is 0 Å². The molecule has 0 aromatic carbocycles. The van der Waals surface area contributed by atoms with Crippen LogP contribution >= 0.6 is 11.3 Å². The second kappa shape index (κ2) is 6.01. The van der Waals surface area contributed by atoms with Crippen LogP contribution in [0, 0.1) is 6.92 Å². The fourth-order valence-electron chi connectivity index (χ4n) is 1.55. The van der Waals surface area contributed by atoms with E-state index in [0.29, 0.717) is 13.0 Å². The lowest BCUT2D eigenvalue weighted by Gasteiger charge is -2.22. The van der Waals surface area contributed by atoms with Crippen LogP contribution in [0.15, 0.2) is 12.1 Å². The predicted molar refractivity (Wildman–Crippen MR) is 66.7 cm³/mol. The quantitative estimate of drug-likeness (QED) is 0.742. The number of rotatable bonds is 5. The zero-order chi connectivity index (χ0) is 12.1. The molecule has 0 radical (unpaired) electrons. The second-order valence-corrected chi connectivity index (χ2v) is 5.26. The minimum atomic E-state index is -0.132. The fourth-order valence-corrected chi connectivity index (χ4v) is 2.62.